The molecular formula is C18H23FN2O3. The van der Waals surface area contributed by atoms with Crippen molar-refractivity contribution in [3.05, 3.63) is 41.7 Å². The van der Waals surface area contributed by atoms with E-state index in [0.717, 1.165) is 13.1 Å². The predicted octanol–water partition coefficient (Wildman–Crippen LogP) is 1.13. The molecule has 1 atom stereocenters. The number of rotatable bonds is 4. The average molecular weight is 334 g/mol. The predicted molar refractivity (Wildman–Crippen MR) is 88.8 cm³/mol. The fourth-order valence-corrected chi connectivity index (χ4v) is 3.23. The number of β-amino-alcohol motifs (C(OH)–C–C–N with tert-alkyl or cyclic N) is 1. The summed E-state index contributed by atoms with van der Waals surface area (Å²) in [7, 11) is 0. The van der Waals surface area contributed by atoms with Gasteiger partial charge in [-0.25, -0.2) is 4.39 Å². The summed E-state index contributed by atoms with van der Waals surface area (Å²) in [5.74, 6) is -0.553. The van der Waals surface area contributed by atoms with E-state index < -0.39 is 5.60 Å². The minimum absolute atomic E-state index is 0.198. The first-order valence-corrected chi connectivity index (χ1v) is 8.30. The Morgan fingerprint density at radius 2 is 2.04 bits per heavy atom. The molecule has 130 valence electrons. The molecule has 0 aromatic heterocycles. The summed E-state index contributed by atoms with van der Waals surface area (Å²) in [6.45, 7) is 4.37. The molecule has 0 spiro atoms. The van der Waals surface area contributed by atoms with Gasteiger partial charge < -0.3 is 14.7 Å². The molecule has 1 aromatic rings. The molecule has 2 heterocycles. The van der Waals surface area contributed by atoms with Crippen molar-refractivity contribution in [2.75, 3.05) is 45.9 Å². The van der Waals surface area contributed by atoms with Crippen LogP contribution in [0.3, 0.4) is 0 Å². The van der Waals surface area contributed by atoms with Gasteiger partial charge in [-0.1, -0.05) is 18.2 Å². The highest BCUT2D eigenvalue weighted by molar-refractivity contribution is 5.92. The highest BCUT2D eigenvalue weighted by Gasteiger charge is 2.39. The Bertz CT molecular complexity index is 616. The Labute approximate surface area is 141 Å². The number of hydrogen-bond acceptors (Lipinski definition) is 4. The molecule has 5 nitrogen and oxygen atoms in total. The second-order valence-corrected chi connectivity index (χ2v) is 6.48. The number of carbonyl (C=O) groups is 1. The molecule has 3 rings (SSSR count). The molecule has 0 aliphatic carbocycles. The zero-order valence-electron chi connectivity index (χ0n) is 13.7. The zero-order valence-corrected chi connectivity index (χ0v) is 13.7. The Morgan fingerprint density at radius 3 is 2.79 bits per heavy atom. The van der Waals surface area contributed by atoms with Crippen LogP contribution in [0, 0.1) is 5.82 Å². The van der Waals surface area contributed by atoms with Crippen LogP contribution in [0.4, 0.5) is 4.39 Å². The number of morpholine rings is 1. The standard InChI is InChI=1S/C18H23FN2O3/c19-16-4-2-1-3-15(16)5-6-17(22)21-8-7-18(23,14-21)13-20-9-11-24-12-10-20/h1-6,23H,7-14H2/b6-5+/t18-/m0/s1. The number of benzene rings is 1. The van der Waals surface area contributed by atoms with E-state index in [1.807, 2.05) is 0 Å². The maximum atomic E-state index is 13.6. The van der Waals surface area contributed by atoms with Gasteiger partial charge in [0.15, 0.2) is 0 Å². The molecule has 0 radical (unpaired) electrons. The number of aliphatic hydroxyl groups is 1. The third-order valence-electron chi connectivity index (χ3n) is 4.58. The fraction of sp³-hybridized carbons (Fsp3) is 0.500. The van der Waals surface area contributed by atoms with Gasteiger partial charge >= 0.3 is 0 Å². The lowest BCUT2D eigenvalue weighted by Gasteiger charge is -2.33. The van der Waals surface area contributed by atoms with Crippen molar-refractivity contribution in [2.45, 2.75) is 12.0 Å². The van der Waals surface area contributed by atoms with E-state index in [-0.39, 0.29) is 11.7 Å². The largest absolute Gasteiger partial charge is 0.387 e. The van der Waals surface area contributed by atoms with Crippen LogP contribution in [0.25, 0.3) is 6.08 Å². The van der Waals surface area contributed by atoms with E-state index in [1.165, 1.54) is 18.2 Å². The van der Waals surface area contributed by atoms with Gasteiger partial charge in [0.05, 0.1) is 25.4 Å². The van der Waals surface area contributed by atoms with Gasteiger partial charge in [0.2, 0.25) is 5.91 Å². The molecule has 2 fully saturated rings. The van der Waals surface area contributed by atoms with Crippen molar-refractivity contribution in [3.63, 3.8) is 0 Å². The smallest absolute Gasteiger partial charge is 0.246 e. The quantitative estimate of drug-likeness (QED) is 0.839. The van der Waals surface area contributed by atoms with Gasteiger partial charge in [-0.3, -0.25) is 9.69 Å². The third kappa shape index (κ3) is 4.20. The molecule has 1 N–H and O–H groups in total. The fourth-order valence-electron chi connectivity index (χ4n) is 3.23. The van der Waals surface area contributed by atoms with Crippen LogP contribution >= 0.6 is 0 Å². The maximum absolute atomic E-state index is 13.6. The second kappa shape index (κ2) is 7.42. The Hall–Kier alpha value is -1.76. The van der Waals surface area contributed by atoms with E-state index in [2.05, 4.69) is 4.90 Å². The summed E-state index contributed by atoms with van der Waals surface area (Å²) >= 11 is 0. The van der Waals surface area contributed by atoms with Crippen LogP contribution in [0.1, 0.15) is 12.0 Å². The van der Waals surface area contributed by atoms with Gasteiger partial charge in [0.1, 0.15) is 5.82 Å². The Morgan fingerprint density at radius 1 is 1.29 bits per heavy atom. The summed E-state index contributed by atoms with van der Waals surface area (Å²) in [5.41, 5.74) is -0.493. The topological polar surface area (TPSA) is 53.0 Å². The normalized spacial score (nSPS) is 25.5. The van der Waals surface area contributed by atoms with E-state index in [0.29, 0.717) is 44.8 Å². The first-order chi connectivity index (χ1) is 11.6. The Kier molecular flexibility index (Phi) is 5.28. The molecule has 24 heavy (non-hydrogen) atoms. The van der Waals surface area contributed by atoms with Crippen LogP contribution in [0.5, 0.6) is 0 Å². The molecule has 2 aliphatic rings. The summed E-state index contributed by atoms with van der Waals surface area (Å²) in [5, 5.41) is 10.7. The average Bonchev–Trinajstić information content (AvgIpc) is 2.97. The minimum Gasteiger partial charge on any atom is -0.387 e. The van der Waals surface area contributed by atoms with Crippen LogP contribution in [-0.4, -0.2) is 72.4 Å². The minimum atomic E-state index is -0.876. The summed E-state index contributed by atoms with van der Waals surface area (Å²) in [6, 6.07) is 6.32. The van der Waals surface area contributed by atoms with E-state index >= 15 is 0 Å². The van der Waals surface area contributed by atoms with Crippen molar-refractivity contribution in [2.24, 2.45) is 0 Å². The lowest BCUT2D eigenvalue weighted by molar-refractivity contribution is -0.126. The van der Waals surface area contributed by atoms with Crippen molar-refractivity contribution < 1.29 is 19.0 Å². The number of halogens is 1. The zero-order chi connectivity index (χ0) is 17.0. The van der Waals surface area contributed by atoms with Crippen molar-refractivity contribution in [3.8, 4) is 0 Å². The number of nitrogens with zero attached hydrogens (tertiary/aromatic N) is 2. The van der Waals surface area contributed by atoms with Gasteiger partial charge in [0.25, 0.3) is 0 Å². The molecule has 1 aromatic carbocycles. The molecule has 6 heteroatoms. The van der Waals surface area contributed by atoms with E-state index in [4.69, 9.17) is 4.74 Å². The number of hydrogen-bond donors (Lipinski definition) is 1. The highest BCUT2D eigenvalue weighted by atomic mass is 19.1. The number of ether oxygens (including phenoxy) is 1. The van der Waals surface area contributed by atoms with Gasteiger partial charge in [-0.05, 0) is 18.6 Å². The first-order valence-electron chi connectivity index (χ1n) is 8.30. The maximum Gasteiger partial charge on any atom is 0.246 e. The van der Waals surface area contributed by atoms with Crippen LogP contribution in [0.2, 0.25) is 0 Å². The third-order valence-corrected chi connectivity index (χ3v) is 4.58. The molecule has 0 unspecified atom stereocenters. The lowest BCUT2D eigenvalue weighted by atomic mass is 10.0. The Balaban J connectivity index is 1.56. The van der Waals surface area contributed by atoms with Crippen molar-refractivity contribution in [1.82, 2.24) is 9.80 Å². The van der Waals surface area contributed by atoms with Crippen LogP contribution < -0.4 is 0 Å². The lowest BCUT2D eigenvalue weighted by Crippen LogP contribution is -2.49. The van der Waals surface area contributed by atoms with E-state index in [1.54, 1.807) is 23.1 Å². The van der Waals surface area contributed by atoms with E-state index in [9.17, 15) is 14.3 Å². The SMILES string of the molecule is O=C(/C=C/c1ccccc1F)N1CC[C@](O)(CN2CCOCC2)C1. The summed E-state index contributed by atoms with van der Waals surface area (Å²) in [4.78, 5) is 16.1. The monoisotopic (exact) mass is 334 g/mol. The first kappa shape index (κ1) is 17.1. The van der Waals surface area contributed by atoms with Crippen molar-refractivity contribution >= 4 is 12.0 Å². The summed E-state index contributed by atoms with van der Waals surface area (Å²) in [6.07, 6.45) is 3.42. The van der Waals surface area contributed by atoms with Crippen molar-refractivity contribution in [1.29, 1.82) is 0 Å². The number of amides is 1. The molecule has 0 bridgehead atoms. The molecule has 2 saturated heterocycles. The molecule has 1 amide bonds. The van der Waals surface area contributed by atoms with Gasteiger partial charge in [0, 0.05) is 37.8 Å². The number of likely N-dealkylation sites (tertiary alicyclic amines) is 1. The van der Waals surface area contributed by atoms with Gasteiger partial charge in [-0.2, -0.15) is 0 Å². The van der Waals surface area contributed by atoms with Crippen LogP contribution in [0.15, 0.2) is 30.3 Å². The molecule has 2 aliphatic heterocycles. The second-order valence-electron chi connectivity index (χ2n) is 6.48. The van der Waals surface area contributed by atoms with Crippen LogP contribution in [-0.2, 0) is 9.53 Å². The number of carbonyl (C=O) groups excluding carboxylic acids is 1. The molecular weight excluding hydrogens is 311 g/mol. The van der Waals surface area contributed by atoms with Gasteiger partial charge in [-0.15, -0.1) is 0 Å². The molecule has 0 saturated carbocycles. The highest BCUT2D eigenvalue weighted by Crippen LogP contribution is 2.23. The summed E-state index contributed by atoms with van der Waals surface area (Å²) < 4.78 is 18.9.